The minimum Gasteiger partial charge on any atom is -0.290 e. The fourth-order valence-corrected chi connectivity index (χ4v) is 1.88. The normalized spacial score (nSPS) is 10.4. The Morgan fingerprint density at radius 3 is 2.67 bits per heavy atom. The third-order valence-electron chi connectivity index (χ3n) is 2.39. The first-order valence-electron chi connectivity index (χ1n) is 5.32. The molecule has 5 heteroatoms. The van der Waals surface area contributed by atoms with Crippen LogP contribution in [-0.4, -0.2) is 15.8 Å². The smallest absolute Gasteiger partial charge is 0.204 e. The molecule has 3 nitrogen and oxygen atoms in total. The summed E-state index contributed by atoms with van der Waals surface area (Å²) in [5, 5.41) is 0. The van der Waals surface area contributed by atoms with E-state index < -0.39 is 5.82 Å². The molecule has 2 rings (SSSR count). The Morgan fingerprint density at radius 2 is 2.00 bits per heavy atom. The first-order valence-corrected chi connectivity index (χ1v) is 6.11. The second-order valence-corrected chi connectivity index (χ2v) is 4.84. The molecular formula is C13H10BrFN2O. The summed E-state index contributed by atoms with van der Waals surface area (Å²) in [6, 6.07) is 4.50. The minimum absolute atomic E-state index is 0.0473. The van der Waals surface area contributed by atoms with E-state index in [1.807, 2.05) is 6.92 Å². The van der Waals surface area contributed by atoms with E-state index in [1.54, 1.807) is 24.5 Å². The van der Waals surface area contributed by atoms with Crippen LogP contribution in [0.4, 0.5) is 4.39 Å². The van der Waals surface area contributed by atoms with Crippen LogP contribution in [0.15, 0.2) is 35.1 Å². The van der Waals surface area contributed by atoms with Crippen LogP contribution in [0.2, 0.25) is 0 Å². The van der Waals surface area contributed by atoms with Crippen molar-refractivity contribution in [2.75, 3.05) is 0 Å². The summed E-state index contributed by atoms with van der Waals surface area (Å²) in [6.45, 7) is 1.84. The van der Waals surface area contributed by atoms with E-state index in [2.05, 4.69) is 25.9 Å². The van der Waals surface area contributed by atoms with Gasteiger partial charge in [0.25, 0.3) is 0 Å². The van der Waals surface area contributed by atoms with Crippen molar-refractivity contribution in [3.63, 3.8) is 0 Å². The van der Waals surface area contributed by atoms with E-state index in [0.717, 1.165) is 10.0 Å². The fourth-order valence-electron chi connectivity index (χ4n) is 1.47. The van der Waals surface area contributed by atoms with Crippen LogP contribution >= 0.6 is 15.9 Å². The molecule has 0 aliphatic heterocycles. The number of Topliss-reactive ketones (excluding diaryl/α,β-unsaturated/α-hetero) is 1. The van der Waals surface area contributed by atoms with Crippen LogP contribution in [0.3, 0.4) is 0 Å². The molecule has 0 aliphatic carbocycles. The topological polar surface area (TPSA) is 42.9 Å². The van der Waals surface area contributed by atoms with E-state index in [9.17, 15) is 9.18 Å². The van der Waals surface area contributed by atoms with Gasteiger partial charge in [-0.3, -0.25) is 4.79 Å². The van der Waals surface area contributed by atoms with Crippen molar-refractivity contribution in [2.45, 2.75) is 13.3 Å². The van der Waals surface area contributed by atoms with Crippen molar-refractivity contribution in [3.05, 3.63) is 57.8 Å². The Morgan fingerprint density at radius 1 is 1.33 bits per heavy atom. The van der Waals surface area contributed by atoms with Crippen molar-refractivity contribution in [2.24, 2.45) is 0 Å². The number of carbonyl (C=O) groups is 1. The second kappa shape index (κ2) is 5.35. The van der Waals surface area contributed by atoms with E-state index in [0.29, 0.717) is 5.56 Å². The number of carbonyl (C=O) groups excluding carboxylic acids is 1. The zero-order valence-electron chi connectivity index (χ0n) is 9.65. The lowest BCUT2D eigenvalue weighted by molar-refractivity contribution is 0.0982. The number of ketones is 1. The molecule has 0 saturated heterocycles. The number of halogens is 2. The standard InChI is InChI=1S/C13H10BrFN2O/c1-8-6-16-13(17-7-8)12(18)5-9-4-10(14)2-3-11(9)15/h2-4,6-7H,5H2,1H3. The average Bonchev–Trinajstić information content (AvgIpc) is 2.34. The maximum atomic E-state index is 13.5. The molecule has 0 radical (unpaired) electrons. The molecule has 0 spiro atoms. The number of rotatable bonds is 3. The summed E-state index contributed by atoms with van der Waals surface area (Å²) in [5.41, 5.74) is 1.21. The van der Waals surface area contributed by atoms with Crippen molar-refractivity contribution in [1.82, 2.24) is 9.97 Å². The summed E-state index contributed by atoms with van der Waals surface area (Å²) < 4.78 is 14.2. The number of hydrogen-bond donors (Lipinski definition) is 0. The highest BCUT2D eigenvalue weighted by atomic mass is 79.9. The van der Waals surface area contributed by atoms with Crippen molar-refractivity contribution in [3.8, 4) is 0 Å². The number of aromatic nitrogens is 2. The van der Waals surface area contributed by atoms with Gasteiger partial charge in [-0.2, -0.15) is 0 Å². The molecular weight excluding hydrogens is 299 g/mol. The summed E-state index contributed by atoms with van der Waals surface area (Å²) in [7, 11) is 0. The van der Waals surface area contributed by atoms with E-state index in [1.165, 1.54) is 6.07 Å². The predicted molar refractivity (Wildman–Crippen MR) is 68.9 cm³/mol. The molecule has 0 bridgehead atoms. The number of benzene rings is 1. The van der Waals surface area contributed by atoms with Gasteiger partial charge in [0, 0.05) is 23.3 Å². The summed E-state index contributed by atoms with van der Waals surface area (Å²) in [6.07, 6.45) is 3.09. The minimum atomic E-state index is -0.404. The molecule has 92 valence electrons. The first kappa shape index (κ1) is 12.8. The van der Waals surface area contributed by atoms with Crippen LogP contribution < -0.4 is 0 Å². The molecule has 0 amide bonds. The van der Waals surface area contributed by atoms with Gasteiger partial charge in [-0.05, 0) is 36.2 Å². The van der Waals surface area contributed by atoms with Gasteiger partial charge in [0.2, 0.25) is 5.78 Å². The lowest BCUT2D eigenvalue weighted by Crippen LogP contribution is -2.09. The average molecular weight is 309 g/mol. The van der Waals surface area contributed by atoms with Crippen molar-refractivity contribution in [1.29, 1.82) is 0 Å². The molecule has 18 heavy (non-hydrogen) atoms. The Balaban J connectivity index is 2.21. The molecule has 1 heterocycles. The first-order chi connectivity index (χ1) is 8.56. The lowest BCUT2D eigenvalue weighted by Gasteiger charge is -2.03. The molecule has 0 aliphatic rings. The summed E-state index contributed by atoms with van der Waals surface area (Å²) >= 11 is 3.24. The maximum Gasteiger partial charge on any atom is 0.204 e. The Labute approximate surface area is 112 Å². The van der Waals surface area contributed by atoms with Crippen molar-refractivity contribution >= 4 is 21.7 Å². The van der Waals surface area contributed by atoms with Crippen LogP contribution in [-0.2, 0) is 6.42 Å². The Kier molecular flexibility index (Phi) is 3.81. The van der Waals surface area contributed by atoms with Crippen molar-refractivity contribution < 1.29 is 9.18 Å². The lowest BCUT2D eigenvalue weighted by atomic mass is 10.1. The summed E-state index contributed by atoms with van der Waals surface area (Å²) in [4.78, 5) is 19.7. The van der Waals surface area contributed by atoms with E-state index in [-0.39, 0.29) is 18.0 Å². The number of nitrogens with zero attached hydrogens (tertiary/aromatic N) is 2. The molecule has 1 aromatic heterocycles. The number of hydrogen-bond acceptors (Lipinski definition) is 3. The molecule has 0 saturated carbocycles. The van der Waals surface area contributed by atoms with E-state index in [4.69, 9.17) is 0 Å². The monoisotopic (exact) mass is 308 g/mol. The predicted octanol–water partition coefficient (Wildman–Crippen LogP) is 3.11. The SMILES string of the molecule is Cc1cnc(C(=O)Cc2cc(Br)ccc2F)nc1. The molecule has 1 aromatic carbocycles. The highest BCUT2D eigenvalue weighted by Gasteiger charge is 2.13. The zero-order chi connectivity index (χ0) is 13.1. The maximum absolute atomic E-state index is 13.5. The third kappa shape index (κ3) is 2.98. The van der Waals surface area contributed by atoms with Crippen LogP contribution in [0, 0.1) is 12.7 Å². The zero-order valence-corrected chi connectivity index (χ0v) is 11.2. The quantitative estimate of drug-likeness (QED) is 0.818. The fraction of sp³-hybridized carbons (Fsp3) is 0.154. The highest BCUT2D eigenvalue weighted by Crippen LogP contribution is 2.17. The van der Waals surface area contributed by atoms with Crippen LogP contribution in [0.25, 0.3) is 0 Å². The molecule has 0 fully saturated rings. The molecule has 0 atom stereocenters. The largest absolute Gasteiger partial charge is 0.290 e. The Bertz CT molecular complexity index is 584. The van der Waals surface area contributed by atoms with Gasteiger partial charge in [0.15, 0.2) is 5.82 Å². The molecule has 2 aromatic rings. The summed E-state index contributed by atoms with van der Waals surface area (Å²) in [5.74, 6) is -0.592. The number of aryl methyl sites for hydroxylation is 1. The van der Waals surface area contributed by atoms with Gasteiger partial charge in [0.05, 0.1) is 0 Å². The Hall–Kier alpha value is -1.62. The van der Waals surface area contributed by atoms with Gasteiger partial charge in [-0.15, -0.1) is 0 Å². The highest BCUT2D eigenvalue weighted by molar-refractivity contribution is 9.10. The second-order valence-electron chi connectivity index (χ2n) is 3.92. The van der Waals surface area contributed by atoms with E-state index >= 15 is 0 Å². The van der Waals surface area contributed by atoms with Gasteiger partial charge in [-0.1, -0.05) is 15.9 Å². The van der Waals surface area contributed by atoms with Gasteiger partial charge in [0.1, 0.15) is 5.82 Å². The van der Waals surface area contributed by atoms with Gasteiger partial charge < -0.3 is 0 Å². The van der Waals surface area contributed by atoms with Gasteiger partial charge in [-0.25, -0.2) is 14.4 Å². The van der Waals surface area contributed by atoms with Gasteiger partial charge >= 0.3 is 0 Å². The molecule has 0 unspecified atom stereocenters. The molecule has 0 N–H and O–H groups in total. The van der Waals surface area contributed by atoms with Crippen LogP contribution in [0.1, 0.15) is 21.7 Å². The van der Waals surface area contributed by atoms with Crippen LogP contribution in [0.5, 0.6) is 0 Å². The third-order valence-corrected chi connectivity index (χ3v) is 2.88.